The molecule has 4 atom stereocenters. The lowest BCUT2D eigenvalue weighted by atomic mass is 9.57. The maximum atomic E-state index is 12.2. The van der Waals surface area contributed by atoms with Gasteiger partial charge in [-0.1, -0.05) is 11.1 Å². The summed E-state index contributed by atoms with van der Waals surface area (Å²) < 4.78 is 14.1. The molecule has 0 heterocycles. The number of allylic oxidation sites excluding steroid dienone is 2. The van der Waals surface area contributed by atoms with Crippen molar-refractivity contribution in [2.75, 3.05) is 0 Å². The molecule has 0 spiro atoms. The van der Waals surface area contributed by atoms with Gasteiger partial charge in [-0.25, -0.2) is 0 Å². The maximum Gasteiger partial charge on any atom is 0.184 e. The summed E-state index contributed by atoms with van der Waals surface area (Å²) in [5.41, 5.74) is 1.66. The molecule has 4 aliphatic carbocycles. The topological polar surface area (TPSA) is 52.6 Å². The van der Waals surface area contributed by atoms with Crippen molar-refractivity contribution >= 4 is 28.2 Å². The van der Waals surface area contributed by atoms with Crippen molar-refractivity contribution in [3.05, 3.63) is 23.3 Å². The Morgan fingerprint density at radius 1 is 0.750 bits per heavy atom. The van der Waals surface area contributed by atoms with Crippen LogP contribution in [0.2, 0.25) is 39.3 Å². The van der Waals surface area contributed by atoms with Crippen molar-refractivity contribution < 1.29 is 18.4 Å². The molecule has 4 rings (SSSR count). The van der Waals surface area contributed by atoms with Crippen molar-refractivity contribution in [2.45, 2.75) is 89.0 Å². The Bertz CT molecular complexity index is 737. The molecule has 0 aromatic rings. The number of ketones is 2. The summed E-state index contributed by atoms with van der Waals surface area (Å²) in [6.07, 6.45) is 8.24. The Hall–Kier alpha value is -0.826. The second-order valence-electron chi connectivity index (χ2n) is 11.4. The Balaban J connectivity index is 1.85. The minimum absolute atomic E-state index is 0.250. The molecular formula is C22H34O4Si2. The predicted octanol–water partition coefficient (Wildman–Crippen LogP) is 4.79. The Kier molecular flexibility index (Phi) is 4.63. The van der Waals surface area contributed by atoms with E-state index in [4.69, 9.17) is 8.85 Å². The van der Waals surface area contributed by atoms with E-state index >= 15 is 0 Å². The first-order valence-electron chi connectivity index (χ1n) is 10.7. The molecule has 3 unspecified atom stereocenters. The maximum absolute atomic E-state index is 12.2. The fourth-order valence-corrected chi connectivity index (χ4v) is 9.15. The lowest BCUT2D eigenvalue weighted by Gasteiger charge is -2.62. The van der Waals surface area contributed by atoms with Gasteiger partial charge in [-0.05, 0) is 76.1 Å². The van der Waals surface area contributed by atoms with Crippen LogP contribution in [0, 0.1) is 11.8 Å². The molecule has 0 aromatic heterocycles. The third-order valence-electron chi connectivity index (χ3n) is 6.60. The van der Waals surface area contributed by atoms with E-state index in [2.05, 4.69) is 39.3 Å². The molecule has 28 heavy (non-hydrogen) atoms. The first-order chi connectivity index (χ1) is 12.8. The average Bonchev–Trinajstić information content (AvgIpc) is 2.97. The zero-order valence-corrected chi connectivity index (χ0v) is 20.2. The number of carbonyl (C=O) groups excluding carboxylic acids is 2. The molecule has 0 amide bonds. The molecule has 154 valence electrons. The van der Waals surface area contributed by atoms with Crippen LogP contribution in [0.15, 0.2) is 23.3 Å². The van der Waals surface area contributed by atoms with Crippen LogP contribution in [0.3, 0.4) is 0 Å². The monoisotopic (exact) mass is 418 g/mol. The van der Waals surface area contributed by atoms with Crippen molar-refractivity contribution in [3.8, 4) is 0 Å². The number of rotatable bonds is 4. The minimum Gasteiger partial charge on any atom is -0.409 e. The summed E-state index contributed by atoms with van der Waals surface area (Å²) in [5, 5.41) is 0. The molecule has 0 radical (unpaired) electrons. The van der Waals surface area contributed by atoms with Crippen LogP contribution >= 0.6 is 0 Å². The standard InChI is InChI=1S/C22H34O4Si2/c1-27(2,3)25-21-11-15-7-19(23)9-17(15)13-22(21,26-28(4,5)6)14-18-10-20(24)8-16(18)12-21/h7-8,17-18H,9-14H2,1-6H3/t17-,18?,21?,22?/m1/s1. The summed E-state index contributed by atoms with van der Waals surface area (Å²) in [5.74, 6) is 1.06. The molecule has 2 fully saturated rings. The summed E-state index contributed by atoms with van der Waals surface area (Å²) in [6.45, 7) is 13.5. The van der Waals surface area contributed by atoms with E-state index in [1.54, 1.807) is 0 Å². The van der Waals surface area contributed by atoms with E-state index in [1.165, 1.54) is 11.1 Å². The third kappa shape index (κ3) is 3.57. The van der Waals surface area contributed by atoms with Gasteiger partial charge in [0.15, 0.2) is 28.2 Å². The minimum atomic E-state index is -1.90. The summed E-state index contributed by atoms with van der Waals surface area (Å²) in [4.78, 5) is 24.5. The van der Waals surface area contributed by atoms with E-state index < -0.39 is 27.8 Å². The van der Waals surface area contributed by atoms with Crippen LogP contribution in [-0.2, 0) is 18.4 Å². The SMILES string of the molecule is C[Si](C)(C)OC12CC3=CC(=O)CC3CC1(O[Si](C)(C)C)C[C@H]1CC(=O)C=C1C2. The van der Waals surface area contributed by atoms with Gasteiger partial charge < -0.3 is 8.85 Å². The molecular weight excluding hydrogens is 384 g/mol. The van der Waals surface area contributed by atoms with Crippen LogP contribution in [0.4, 0.5) is 0 Å². The highest BCUT2D eigenvalue weighted by atomic mass is 28.4. The van der Waals surface area contributed by atoms with Crippen LogP contribution in [0.5, 0.6) is 0 Å². The number of hydrogen-bond acceptors (Lipinski definition) is 4. The zero-order valence-electron chi connectivity index (χ0n) is 18.2. The number of hydrogen-bond donors (Lipinski definition) is 0. The van der Waals surface area contributed by atoms with Crippen LogP contribution in [0.25, 0.3) is 0 Å². The van der Waals surface area contributed by atoms with Gasteiger partial charge >= 0.3 is 0 Å². The molecule has 0 bridgehead atoms. The Labute approximate surface area is 171 Å². The van der Waals surface area contributed by atoms with Gasteiger partial charge in [0.05, 0.1) is 11.2 Å². The predicted molar refractivity (Wildman–Crippen MR) is 115 cm³/mol. The van der Waals surface area contributed by atoms with Crippen molar-refractivity contribution in [1.29, 1.82) is 0 Å². The first-order valence-corrected chi connectivity index (χ1v) is 17.5. The molecule has 0 aliphatic heterocycles. The fraction of sp³-hybridized carbons (Fsp3) is 0.727. The first kappa shape index (κ1) is 20.4. The van der Waals surface area contributed by atoms with Crippen LogP contribution in [-0.4, -0.2) is 39.4 Å². The molecule has 4 nitrogen and oxygen atoms in total. The molecule has 4 aliphatic rings. The molecule has 0 aromatic carbocycles. The van der Waals surface area contributed by atoms with Crippen molar-refractivity contribution in [3.63, 3.8) is 0 Å². The quantitative estimate of drug-likeness (QED) is 0.616. The van der Waals surface area contributed by atoms with Gasteiger partial charge in [-0.15, -0.1) is 0 Å². The highest BCUT2D eigenvalue weighted by Crippen LogP contribution is 2.61. The molecule has 2 saturated carbocycles. The van der Waals surface area contributed by atoms with Gasteiger partial charge in [-0.2, -0.15) is 0 Å². The lowest BCUT2D eigenvalue weighted by molar-refractivity contribution is -0.171. The van der Waals surface area contributed by atoms with Crippen molar-refractivity contribution in [2.24, 2.45) is 11.8 Å². The number of carbonyl (C=O) groups is 2. The van der Waals surface area contributed by atoms with Crippen LogP contribution < -0.4 is 0 Å². The lowest BCUT2D eigenvalue weighted by Crippen LogP contribution is -2.68. The van der Waals surface area contributed by atoms with Gasteiger partial charge in [0.25, 0.3) is 0 Å². The van der Waals surface area contributed by atoms with E-state index in [9.17, 15) is 9.59 Å². The zero-order chi connectivity index (χ0) is 20.5. The number of fused-ring (bicyclic) bond motifs is 3. The van der Waals surface area contributed by atoms with Gasteiger partial charge in [-0.3, -0.25) is 9.59 Å². The molecule has 0 N–H and O–H groups in total. The molecule has 0 saturated heterocycles. The van der Waals surface area contributed by atoms with Crippen LogP contribution in [0.1, 0.15) is 38.5 Å². The fourth-order valence-electron chi connectivity index (χ4n) is 6.12. The third-order valence-corrected chi connectivity index (χ3v) is 8.61. The Morgan fingerprint density at radius 2 is 1.14 bits per heavy atom. The summed E-state index contributed by atoms with van der Waals surface area (Å²) >= 11 is 0. The second kappa shape index (κ2) is 6.33. The second-order valence-corrected chi connectivity index (χ2v) is 20.2. The normalized spacial score (nSPS) is 37.9. The van der Waals surface area contributed by atoms with E-state index in [0.717, 1.165) is 25.7 Å². The van der Waals surface area contributed by atoms with E-state index in [-0.39, 0.29) is 23.4 Å². The Morgan fingerprint density at radius 3 is 1.54 bits per heavy atom. The van der Waals surface area contributed by atoms with E-state index in [0.29, 0.717) is 12.8 Å². The average molecular weight is 419 g/mol. The highest BCUT2D eigenvalue weighted by Gasteiger charge is 2.64. The smallest absolute Gasteiger partial charge is 0.184 e. The largest absolute Gasteiger partial charge is 0.409 e. The van der Waals surface area contributed by atoms with Gasteiger partial charge in [0.2, 0.25) is 0 Å². The van der Waals surface area contributed by atoms with E-state index in [1.807, 2.05) is 12.2 Å². The van der Waals surface area contributed by atoms with Gasteiger partial charge in [0, 0.05) is 25.7 Å². The van der Waals surface area contributed by atoms with Gasteiger partial charge in [0.1, 0.15) is 0 Å². The van der Waals surface area contributed by atoms with Crippen molar-refractivity contribution in [1.82, 2.24) is 0 Å². The molecule has 6 heteroatoms. The summed E-state index contributed by atoms with van der Waals surface area (Å²) in [6, 6.07) is 0. The summed E-state index contributed by atoms with van der Waals surface area (Å²) in [7, 11) is -3.78. The highest BCUT2D eigenvalue weighted by molar-refractivity contribution is 6.70.